The smallest absolute Gasteiger partial charge is 0.236 e. The van der Waals surface area contributed by atoms with Gasteiger partial charge in [-0.2, -0.15) is 4.31 Å². The molecule has 0 aliphatic carbocycles. The normalized spacial score (nSPS) is 12.5. The molecule has 0 unspecified atom stereocenters. The summed E-state index contributed by atoms with van der Waals surface area (Å²) in [6, 6.07) is 26.5. The number of nitrogens with one attached hydrogen (secondary N) is 1. The van der Waals surface area contributed by atoms with Gasteiger partial charge in [0.25, 0.3) is 0 Å². The first-order valence-electron chi connectivity index (χ1n) is 9.73. The summed E-state index contributed by atoms with van der Waals surface area (Å²) in [5.41, 5.74) is 3.80. The average molecular weight is 423 g/mol. The third-order valence-corrected chi connectivity index (χ3v) is 6.00. The van der Waals surface area contributed by atoms with Crippen LogP contribution in [0.1, 0.15) is 28.3 Å². The molecule has 0 aliphatic heterocycles. The minimum absolute atomic E-state index is 0.146. The number of amides is 1. The Morgan fingerprint density at radius 2 is 1.50 bits per heavy atom. The Morgan fingerprint density at radius 1 is 0.900 bits per heavy atom. The van der Waals surface area contributed by atoms with E-state index in [0.717, 1.165) is 28.5 Å². The number of hydrogen-bond donors (Lipinski definition) is 1. The fourth-order valence-corrected chi connectivity index (χ4v) is 4.03. The molecule has 156 valence electrons. The molecule has 0 saturated carbocycles. The number of rotatable bonds is 8. The fraction of sp³-hybridized carbons (Fsp3) is 0.208. The van der Waals surface area contributed by atoms with Crippen molar-refractivity contribution in [3.8, 4) is 0 Å². The average Bonchev–Trinajstić information content (AvgIpc) is 2.72. The van der Waals surface area contributed by atoms with Gasteiger partial charge in [-0.05, 0) is 23.6 Å². The van der Waals surface area contributed by atoms with E-state index < -0.39 is 10.0 Å². The van der Waals surface area contributed by atoms with Gasteiger partial charge in [0.05, 0.1) is 18.8 Å². The Bertz CT molecular complexity index is 1080. The molecule has 30 heavy (non-hydrogen) atoms. The zero-order valence-corrected chi connectivity index (χ0v) is 18.0. The van der Waals surface area contributed by atoms with Crippen molar-refractivity contribution in [3.63, 3.8) is 0 Å². The van der Waals surface area contributed by atoms with Gasteiger partial charge in [0.15, 0.2) is 0 Å². The van der Waals surface area contributed by atoms with Crippen LogP contribution in [0.25, 0.3) is 0 Å². The van der Waals surface area contributed by atoms with Crippen LogP contribution in [0.2, 0.25) is 0 Å². The van der Waals surface area contributed by atoms with Crippen LogP contribution in [0.15, 0.2) is 84.9 Å². The number of carbonyl (C=O) groups is 1. The SMILES string of the molecule is Cc1cccc([C@@H](NC(=O)CN(Cc2ccccc2)S(C)(=O)=O)c2ccccc2)c1. The van der Waals surface area contributed by atoms with Gasteiger partial charge in [-0.3, -0.25) is 4.79 Å². The van der Waals surface area contributed by atoms with E-state index in [0.29, 0.717) is 0 Å². The Balaban J connectivity index is 1.82. The molecule has 3 aromatic rings. The standard InChI is InChI=1S/C24H26N2O3S/c1-19-10-9-15-22(16-19)24(21-13-7-4-8-14-21)25-23(27)18-26(30(2,28)29)17-20-11-5-3-6-12-20/h3-16,24H,17-18H2,1-2H3,(H,25,27)/t24-/m0/s1. The van der Waals surface area contributed by atoms with Gasteiger partial charge in [0.2, 0.25) is 15.9 Å². The van der Waals surface area contributed by atoms with Crippen molar-refractivity contribution in [2.45, 2.75) is 19.5 Å². The molecule has 0 saturated heterocycles. The largest absolute Gasteiger partial charge is 0.344 e. The van der Waals surface area contributed by atoms with E-state index >= 15 is 0 Å². The third-order valence-electron chi connectivity index (χ3n) is 4.80. The van der Waals surface area contributed by atoms with Gasteiger partial charge in [-0.25, -0.2) is 8.42 Å². The van der Waals surface area contributed by atoms with E-state index in [-0.39, 0.29) is 25.0 Å². The van der Waals surface area contributed by atoms with Crippen molar-refractivity contribution in [3.05, 3.63) is 107 Å². The molecular formula is C24H26N2O3S. The topological polar surface area (TPSA) is 66.5 Å². The predicted molar refractivity (Wildman–Crippen MR) is 119 cm³/mol. The number of hydrogen-bond acceptors (Lipinski definition) is 3. The monoisotopic (exact) mass is 422 g/mol. The van der Waals surface area contributed by atoms with E-state index in [4.69, 9.17) is 0 Å². The van der Waals surface area contributed by atoms with Gasteiger partial charge < -0.3 is 5.32 Å². The van der Waals surface area contributed by atoms with Crippen molar-refractivity contribution < 1.29 is 13.2 Å². The van der Waals surface area contributed by atoms with Crippen LogP contribution in [-0.4, -0.2) is 31.4 Å². The van der Waals surface area contributed by atoms with Gasteiger partial charge in [0, 0.05) is 6.54 Å². The number of carbonyl (C=O) groups excluding carboxylic acids is 1. The zero-order valence-electron chi connectivity index (χ0n) is 17.2. The van der Waals surface area contributed by atoms with Gasteiger partial charge in [0.1, 0.15) is 0 Å². The molecule has 0 aromatic heterocycles. The van der Waals surface area contributed by atoms with E-state index in [1.54, 1.807) is 0 Å². The summed E-state index contributed by atoms with van der Waals surface area (Å²) in [5.74, 6) is -0.355. The molecule has 0 heterocycles. The fourth-order valence-electron chi connectivity index (χ4n) is 3.30. The summed E-state index contributed by atoms with van der Waals surface area (Å²) >= 11 is 0. The zero-order chi connectivity index (χ0) is 21.6. The number of benzene rings is 3. The molecule has 0 spiro atoms. The Labute approximate surface area is 178 Å². The molecule has 1 amide bonds. The second kappa shape index (κ2) is 9.69. The molecule has 1 atom stereocenters. The highest BCUT2D eigenvalue weighted by Crippen LogP contribution is 2.23. The highest BCUT2D eigenvalue weighted by molar-refractivity contribution is 7.88. The lowest BCUT2D eigenvalue weighted by Gasteiger charge is -2.24. The molecule has 3 rings (SSSR count). The molecule has 5 nitrogen and oxygen atoms in total. The quantitative estimate of drug-likeness (QED) is 0.602. The molecule has 3 aromatic carbocycles. The van der Waals surface area contributed by atoms with E-state index in [9.17, 15) is 13.2 Å². The van der Waals surface area contributed by atoms with E-state index in [2.05, 4.69) is 5.32 Å². The van der Waals surface area contributed by atoms with Crippen LogP contribution in [-0.2, 0) is 21.4 Å². The van der Waals surface area contributed by atoms with Crippen LogP contribution >= 0.6 is 0 Å². The van der Waals surface area contributed by atoms with Crippen LogP contribution in [0, 0.1) is 6.92 Å². The maximum atomic E-state index is 12.9. The van der Waals surface area contributed by atoms with Crippen molar-refractivity contribution in [1.82, 2.24) is 9.62 Å². The first-order chi connectivity index (χ1) is 14.3. The Hall–Kier alpha value is -2.96. The highest BCUT2D eigenvalue weighted by Gasteiger charge is 2.23. The minimum atomic E-state index is -3.56. The molecular weight excluding hydrogens is 396 g/mol. The lowest BCUT2D eigenvalue weighted by molar-refractivity contribution is -0.121. The molecule has 6 heteroatoms. The summed E-state index contributed by atoms with van der Waals surface area (Å²) < 4.78 is 25.8. The van der Waals surface area contributed by atoms with Gasteiger partial charge >= 0.3 is 0 Å². The van der Waals surface area contributed by atoms with Crippen LogP contribution in [0.3, 0.4) is 0 Å². The summed E-state index contributed by atoms with van der Waals surface area (Å²) in [4.78, 5) is 12.9. The summed E-state index contributed by atoms with van der Waals surface area (Å²) in [7, 11) is -3.56. The number of sulfonamides is 1. The summed E-state index contributed by atoms with van der Waals surface area (Å²) in [6.07, 6.45) is 1.12. The lowest BCUT2D eigenvalue weighted by atomic mass is 9.97. The second-order valence-corrected chi connectivity index (χ2v) is 9.32. The van der Waals surface area contributed by atoms with E-state index in [1.807, 2.05) is 91.9 Å². The van der Waals surface area contributed by atoms with Crippen molar-refractivity contribution in [2.75, 3.05) is 12.8 Å². The summed E-state index contributed by atoms with van der Waals surface area (Å²) in [5, 5.41) is 3.02. The van der Waals surface area contributed by atoms with Crippen LogP contribution < -0.4 is 5.32 Å². The summed E-state index contributed by atoms with van der Waals surface area (Å²) in [6.45, 7) is 1.90. The second-order valence-electron chi connectivity index (χ2n) is 7.34. The Kier molecular flexibility index (Phi) is 7.03. The van der Waals surface area contributed by atoms with Gasteiger partial charge in [-0.1, -0.05) is 90.5 Å². The number of aryl methyl sites for hydroxylation is 1. The lowest BCUT2D eigenvalue weighted by Crippen LogP contribution is -2.41. The Morgan fingerprint density at radius 3 is 2.10 bits per heavy atom. The molecule has 0 radical (unpaired) electrons. The highest BCUT2D eigenvalue weighted by atomic mass is 32.2. The maximum Gasteiger partial charge on any atom is 0.236 e. The predicted octanol–water partition coefficient (Wildman–Crippen LogP) is 3.66. The minimum Gasteiger partial charge on any atom is -0.344 e. The first kappa shape index (κ1) is 21.7. The molecule has 0 fully saturated rings. The molecule has 0 aliphatic rings. The van der Waals surface area contributed by atoms with Crippen molar-refractivity contribution in [1.29, 1.82) is 0 Å². The maximum absolute atomic E-state index is 12.9. The first-order valence-corrected chi connectivity index (χ1v) is 11.6. The van der Waals surface area contributed by atoms with Crippen molar-refractivity contribution >= 4 is 15.9 Å². The van der Waals surface area contributed by atoms with Crippen LogP contribution in [0.4, 0.5) is 0 Å². The van der Waals surface area contributed by atoms with Gasteiger partial charge in [-0.15, -0.1) is 0 Å². The third kappa shape index (κ3) is 6.02. The van der Waals surface area contributed by atoms with Crippen LogP contribution in [0.5, 0.6) is 0 Å². The van der Waals surface area contributed by atoms with E-state index in [1.165, 1.54) is 4.31 Å². The molecule has 0 bridgehead atoms. The van der Waals surface area contributed by atoms with Crippen molar-refractivity contribution in [2.24, 2.45) is 0 Å². The molecule has 1 N–H and O–H groups in total. The number of nitrogens with zero attached hydrogens (tertiary/aromatic N) is 1.